The van der Waals surface area contributed by atoms with Crippen molar-refractivity contribution in [3.05, 3.63) is 48.0 Å². The average molecular weight is 342 g/mol. The van der Waals surface area contributed by atoms with E-state index in [4.69, 9.17) is 14.2 Å². The molecule has 0 atom stereocenters. The molecule has 1 heterocycles. The van der Waals surface area contributed by atoms with Crippen LogP contribution in [0.25, 0.3) is 0 Å². The standard InChI is InChI=1S/C18H18N2O5/c1-23-14-4-3-5-15(24-2)16(14)17(21)19-12-6-8-13(9-7-12)20-10-11-25-18(20)22/h3-9H,10-11H2,1-2H3,(H,19,21). The van der Waals surface area contributed by atoms with E-state index in [1.165, 1.54) is 19.1 Å². The molecule has 2 amide bonds. The lowest BCUT2D eigenvalue weighted by atomic mass is 10.1. The highest BCUT2D eigenvalue weighted by Crippen LogP contribution is 2.29. The summed E-state index contributed by atoms with van der Waals surface area (Å²) < 4.78 is 15.4. The quantitative estimate of drug-likeness (QED) is 0.904. The van der Waals surface area contributed by atoms with Crippen LogP contribution in [0.1, 0.15) is 10.4 Å². The summed E-state index contributed by atoms with van der Waals surface area (Å²) in [7, 11) is 2.99. The molecule has 0 aliphatic carbocycles. The molecular formula is C18H18N2O5. The summed E-state index contributed by atoms with van der Waals surface area (Å²) in [5, 5.41) is 2.80. The fourth-order valence-electron chi connectivity index (χ4n) is 2.62. The Balaban J connectivity index is 1.79. The fourth-order valence-corrected chi connectivity index (χ4v) is 2.62. The van der Waals surface area contributed by atoms with Crippen LogP contribution in [0.15, 0.2) is 42.5 Å². The largest absolute Gasteiger partial charge is 0.496 e. The van der Waals surface area contributed by atoms with E-state index >= 15 is 0 Å². The van der Waals surface area contributed by atoms with Gasteiger partial charge in [0.2, 0.25) is 0 Å². The smallest absolute Gasteiger partial charge is 0.414 e. The van der Waals surface area contributed by atoms with Crippen molar-refractivity contribution < 1.29 is 23.8 Å². The van der Waals surface area contributed by atoms with Gasteiger partial charge in [0.05, 0.1) is 20.8 Å². The minimum absolute atomic E-state index is 0.319. The molecule has 130 valence electrons. The molecule has 1 N–H and O–H groups in total. The molecule has 0 bridgehead atoms. The summed E-state index contributed by atoms with van der Waals surface area (Å²) in [5.74, 6) is 0.504. The summed E-state index contributed by atoms with van der Waals surface area (Å²) in [5.41, 5.74) is 1.63. The van der Waals surface area contributed by atoms with Crippen LogP contribution in [0, 0.1) is 0 Å². The lowest BCUT2D eigenvalue weighted by Gasteiger charge is -2.15. The number of cyclic esters (lactones) is 1. The van der Waals surface area contributed by atoms with Gasteiger partial charge in [0.1, 0.15) is 23.7 Å². The van der Waals surface area contributed by atoms with Gasteiger partial charge in [-0.15, -0.1) is 0 Å². The molecule has 2 aromatic carbocycles. The van der Waals surface area contributed by atoms with Crippen LogP contribution in [0.2, 0.25) is 0 Å². The maximum absolute atomic E-state index is 12.6. The van der Waals surface area contributed by atoms with Crippen LogP contribution in [0.3, 0.4) is 0 Å². The first-order chi connectivity index (χ1) is 12.1. The van der Waals surface area contributed by atoms with Crippen LogP contribution in [-0.2, 0) is 4.74 Å². The van der Waals surface area contributed by atoms with Crippen molar-refractivity contribution in [3.63, 3.8) is 0 Å². The number of hydrogen-bond acceptors (Lipinski definition) is 5. The number of anilines is 2. The van der Waals surface area contributed by atoms with Gasteiger partial charge in [-0.3, -0.25) is 9.69 Å². The first-order valence-corrected chi connectivity index (χ1v) is 7.70. The van der Waals surface area contributed by atoms with Crippen LogP contribution < -0.4 is 19.7 Å². The van der Waals surface area contributed by atoms with E-state index in [9.17, 15) is 9.59 Å². The summed E-state index contributed by atoms with van der Waals surface area (Å²) in [6, 6.07) is 12.1. The molecular weight excluding hydrogens is 324 g/mol. The van der Waals surface area contributed by atoms with Gasteiger partial charge in [0.25, 0.3) is 5.91 Å². The number of carbonyl (C=O) groups excluding carboxylic acids is 2. The number of rotatable bonds is 5. The Morgan fingerprint density at radius 1 is 1.08 bits per heavy atom. The van der Waals surface area contributed by atoms with Crippen molar-refractivity contribution in [3.8, 4) is 11.5 Å². The van der Waals surface area contributed by atoms with E-state index in [2.05, 4.69) is 5.32 Å². The highest BCUT2D eigenvalue weighted by Gasteiger charge is 2.23. The normalized spacial score (nSPS) is 13.4. The molecule has 3 rings (SSSR count). The van der Waals surface area contributed by atoms with E-state index in [0.29, 0.717) is 35.9 Å². The summed E-state index contributed by atoms with van der Waals surface area (Å²) in [6.45, 7) is 0.897. The lowest BCUT2D eigenvalue weighted by molar-refractivity contribution is 0.102. The van der Waals surface area contributed by atoms with E-state index in [1.807, 2.05) is 0 Å². The molecule has 1 aliphatic heterocycles. The number of amides is 2. The second kappa shape index (κ2) is 7.12. The average Bonchev–Trinajstić information content (AvgIpc) is 3.07. The molecule has 0 radical (unpaired) electrons. The first kappa shape index (κ1) is 16.6. The van der Waals surface area contributed by atoms with Gasteiger partial charge in [-0.05, 0) is 36.4 Å². The second-order valence-corrected chi connectivity index (χ2v) is 5.30. The third-order valence-corrected chi connectivity index (χ3v) is 3.85. The minimum Gasteiger partial charge on any atom is -0.496 e. The van der Waals surface area contributed by atoms with Crippen LogP contribution >= 0.6 is 0 Å². The highest BCUT2D eigenvalue weighted by molar-refractivity contribution is 6.08. The van der Waals surface area contributed by atoms with Crippen molar-refractivity contribution >= 4 is 23.4 Å². The predicted molar refractivity (Wildman–Crippen MR) is 92.6 cm³/mol. The van der Waals surface area contributed by atoms with E-state index in [-0.39, 0.29) is 12.0 Å². The molecule has 0 unspecified atom stereocenters. The van der Waals surface area contributed by atoms with Gasteiger partial charge in [0.15, 0.2) is 0 Å². The molecule has 25 heavy (non-hydrogen) atoms. The van der Waals surface area contributed by atoms with E-state index < -0.39 is 0 Å². The van der Waals surface area contributed by atoms with Crippen molar-refractivity contribution in [1.82, 2.24) is 0 Å². The third-order valence-electron chi connectivity index (χ3n) is 3.85. The Morgan fingerprint density at radius 3 is 2.24 bits per heavy atom. The van der Waals surface area contributed by atoms with Crippen LogP contribution in [-0.4, -0.2) is 39.4 Å². The molecule has 1 saturated heterocycles. The maximum Gasteiger partial charge on any atom is 0.414 e. The molecule has 0 saturated carbocycles. The number of hydrogen-bond donors (Lipinski definition) is 1. The lowest BCUT2D eigenvalue weighted by Crippen LogP contribution is -2.23. The van der Waals surface area contributed by atoms with Gasteiger partial charge >= 0.3 is 6.09 Å². The van der Waals surface area contributed by atoms with E-state index in [0.717, 1.165) is 5.69 Å². The van der Waals surface area contributed by atoms with Crippen molar-refractivity contribution in [1.29, 1.82) is 0 Å². The zero-order valence-corrected chi connectivity index (χ0v) is 13.9. The molecule has 0 aromatic heterocycles. The van der Waals surface area contributed by atoms with E-state index in [1.54, 1.807) is 42.5 Å². The minimum atomic E-state index is -0.365. The topological polar surface area (TPSA) is 77.1 Å². The molecule has 1 fully saturated rings. The highest BCUT2D eigenvalue weighted by atomic mass is 16.6. The molecule has 1 aliphatic rings. The van der Waals surface area contributed by atoms with Crippen molar-refractivity contribution in [2.75, 3.05) is 37.6 Å². The SMILES string of the molecule is COc1cccc(OC)c1C(=O)Nc1ccc(N2CCOC2=O)cc1. The molecule has 7 nitrogen and oxygen atoms in total. The summed E-state index contributed by atoms with van der Waals surface area (Å²) in [4.78, 5) is 25.7. The predicted octanol–water partition coefficient (Wildman–Crippen LogP) is 2.91. The Hall–Kier alpha value is -3.22. The molecule has 2 aromatic rings. The summed E-state index contributed by atoms with van der Waals surface area (Å²) >= 11 is 0. The van der Waals surface area contributed by atoms with Gasteiger partial charge < -0.3 is 19.5 Å². The molecule has 0 spiro atoms. The third kappa shape index (κ3) is 3.35. The zero-order chi connectivity index (χ0) is 17.8. The van der Waals surface area contributed by atoms with Crippen LogP contribution in [0.4, 0.5) is 16.2 Å². The zero-order valence-electron chi connectivity index (χ0n) is 13.9. The van der Waals surface area contributed by atoms with Gasteiger partial charge in [-0.2, -0.15) is 0 Å². The van der Waals surface area contributed by atoms with Gasteiger partial charge in [0, 0.05) is 11.4 Å². The second-order valence-electron chi connectivity index (χ2n) is 5.30. The number of nitrogens with one attached hydrogen (secondary N) is 1. The first-order valence-electron chi connectivity index (χ1n) is 7.70. The molecule has 7 heteroatoms. The van der Waals surface area contributed by atoms with Gasteiger partial charge in [-0.25, -0.2) is 4.79 Å². The number of ether oxygens (including phenoxy) is 3. The Bertz CT molecular complexity index is 766. The number of methoxy groups -OCH3 is 2. The van der Waals surface area contributed by atoms with Crippen molar-refractivity contribution in [2.24, 2.45) is 0 Å². The monoisotopic (exact) mass is 342 g/mol. The number of carbonyl (C=O) groups is 2. The Labute approximate surface area is 145 Å². The fraction of sp³-hybridized carbons (Fsp3) is 0.222. The van der Waals surface area contributed by atoms with Gasteiger partial charge in [-0.1, -0.05) is 6.07 Å². The Morgan fingerprint density at radius 2 is 1.72 bits per heavy atom. The summed E-state index contributed by atoms with van der Waals surface area (Å²) in [6.07, 6.45) is -0.365. The number of benzene rings is 2. The van der Waals surface area contributed by atoms with Crippen molar-refractivity contribution in [2.45, 2.75) is 0 Å². The number of nitrogens with zero attached hydrogens (tertiary/aromatic N) is 1. The maximum atomic E-state index is 12.6. The van der Waals surface area contributed by atoms with Crippen LogP contribution in [0.5, 0.6) is 11.5 Å². The Kier molecular flexibility index (Phi) is 4.74.